The van der Waals surface area contributed by atoms with Crippen LogP contribution < -0.4 is 10.6 Å². The molecular weight excluding hydrogens is 236 g/mol. The minimum atomic E-state index is -0.278. The number of hydrogen-bond acceptors (Lipinski definition) is 7. The predicted octanol–water partition coefficient (Wildman–Crippen LogP) is -0.478. The molecule has 0 aliphatic carbocycles. The zero-order chi connectivity index (χ0) is 13.0. The summed E-state index contributed by atoms with van der Waals surface area (Å²) < 4.78 is 0. The summed E-state index contributed by atoms with van der Waals surface area (Å²) in [5, 5.41) is 26.7. The quantitative estimate of drug-likeness (QED) is 0.668. The Morgan fingerprint density at radius 1 is 1.33 bits per heavy atom. The van der Waals surface area contributed by atoms with Gasteiger partial charge in [0.25, 0.3) is 5.91 Å². The zero-order valence-corrected chi connectivity index (χ0v) is 9.88. The molecule has 0 aliphatic heterocycles. The first kappa shape index (κ1) is 11.9. The SMILES string of the molecule is CNC(=O)c1ccc(NC(C)c2nn[nH]n2)nn1. The third-order valence-corrected chi connectivity index (χ3v) is 2.24. The normalized spacial score (nSPS) is 11.9. The molecule has 2 heterocycles. The van der Waals surface area contributed by atoms with Crippen LogP contribution >= 0.6 is 0 Å². The molecule has 0 bridgehead atoms. The Labute approximate surface area is 102 Å². The molecule has 0 radical (unpaired) electrons. The highest BCUT2D eigenvalue weighted by atomic mass is 16.1. The van der Waals surface area contributed by atoms with Gasteiger partial charge in [0.15, 0.2) is 11.5 Å². The molecule has 2 aromatic heterocycles. The summed E-state index contributed by atoms with van der Waals surface area (Å²) >= 11 is 0. The van der Waals surface area contributed by atoms with E-state index in [1.165, 1.54) is 7.05 Å². The molecular formula is C9H12N8O. The fourth-order valence-electron chi connectivity index (χ4n) is 1.30. The van der Waals surface area contributed by atoms with Crippen LogP contribution in [0.1, 0.15) is 29.3 Å². The predicted molar refractivity (Wildman–Crippen MR) is 61.6 cm³/mol. The first-order chi connectivity index (χ1) is 8.70. The maximum atomic E-state index is 11.3. The topological polar surface area (TPSA) is 121 Å². The standard InChI is InChI=1S/C9H12N8O/c1-5(8-14-16-17-15-8)11-7-4-3-6(12-13-7)9(18)10-2/h3-5H,1-2H3,(H,10,18)(H,11,13)(H,14,15,16,17). The van der Waals surface area contributed by atoms with E-state index in [-0.39, 0.29) is 17.6 Å². The number of amides is 1. The first-order valence-corrected chi connectivity index (χ1v) is 5.26. The van der Waals surface area contributed by atoms with Gasteiger partial charge in [0.2, 0.25) is 0 Å². The van der Waals surface area contributed by atoms with Gasteiger partial charge in [-0.15, -0.1) is 20.4 Å². The zero-order valence-electron chi connectivity index (χ0n) is 9.88. The Hall–Kier alpha value is -2.58. The summed E-state index contributed by atoms with van der Waals surface area (Å²) in [4.78, 5) is 11.3. The van der Waals surface area contributed by atoms with E-state index in [1.54, 1.807) is 12.1 Å². The molecule has 18 heavy (non-hydrogen) atoms. The Kier molecular flexibility index (Phi) is 3.41. The van der Waals surface area contributed by atoms with Gasteiger partial charge in [-0.05, 0) is 19.1 Å². The molecule has 0 fully saturated rings. The fourth-order valence-corrected chi connectivity index (χ4v) is 1.30. The van der Waals surface area contributed by atoms with Gasteiger partial charge in [0, 0.05) is 7.05 Å². The number of carbonyl (C=O) groups is 1. The highest BCUT2D eigenvalue weighted by Gasteiger charge is 2.11. The van der Waals surface area contributed by atoms with Crippen molar-refractivity contribution in [1.29, 1.82) is 0 Å². The lowest BCUT2D eigenvalue weighted by molar-refractivity contribution is 0.0957. The molecule has 9 nitrogen and oxygen atoms in total. The lowest BCUT2D eigenvalue weighted by Gasteiger charge is -2.09. The van der Waals surface area contributed by atoms with E-state index in [0.29, 0.717) is 11.6 Å². The molecule has 9 heteroatoms. The van der Waals surface area contributed by atoms with Crippen molar-refractivity contribution in [3.8, 4) is 0 Å². The van der Waals surface area contributed by atoms with Crippen molar-refractivity contribution in [3.63, 3.8) is 0 Å². The highest BCUT2D eigenvalue weighted by Crippen LogP contribution is 2.12. The van der Waals surface area contributed by atoms with Crippen molar-refractivity contribution in [2.24, 2.45) is 0 Å². The summed E-state index contributed by atoms with van der Waals surface area (Å²) in [6.45, 7) is 1.86. The minimum Gasteiger partial charge on any atom is -0.359 e. The lowest BCUT2D eigenvalue weighted by atomic mass is 10.3. The van der Waals surface area contributed by atoms with Crippen molar-refractivity contribution >= 4 is 11.7 Å². The van der Waals surface area contributed by atoms with Gasteiger partial charge in [-0.1, -0.05) is 5.21 Å². The maximum absolute atomic E-state index is 11.3. The molecule has 2 aromatic rings. The molecule has 0 saturated heterocycles. The average Bonchev–Trinajstić information content (AvgIpc) is 2.92. The second kappa shape index (κ2) is 5.17. The fraction of sp³-hybridized carbons (Fsp3) is 0.333. The smallest absolute Gasteiger partial charge is 0.271 e. The molecule has 1 amide bonds. The summed E-state index contributed by atoms with van der Waals surface area (Å²) in [6, 6.07) is 3.08. The molecule has 0 aromatic carbocycles. The largest absolute Gasteiger partial charge is 0.359 e. The number of H-pyrrole nitrogens is 1. The van der Waals surface area contributed by atoms with Gasteiger partial charge in [0.05, 0.1) is 6.04 Å². The van der Waals surface area contributed by atoms with Gasteiger partial charge < -0.3 is 10.6 Å². The lowest BCUT2D eigenvalue weighted by Crippen LogP contribution is -2.20. The van der Waals surface area contributed by atoms with Crippen molar-refractivity contribution in [1.82, 2.24) is 36.1 Å². The molecule has 94 valence electrons. The second-order valence-corrected chi connectivity index (χ2v) is 3.52. The van der Waals surface area contributed by atoms with Gasteiger partial charge in [-0.3, -0.25) is 4.79 Å². The minimum absolute atomic E-state index is 0.163. The Balaban J connectivity index is 2.04. The van der Waals surface area contributed by atoms with Crippen LogP contribution in [0.4, 0.5) is 5.82 Å². The average molecular weight is 248 g/mol. The van der Waals surface area contributed by atoms with Gasteiger partial charge >= 0.3 is 0 Å². The number of tetrazole rings is 1. The third kappa shape index (κ3) is 2.56. The number of hydrogen-bond donors (Lipinski definition) is 3. The van der Waals surface area contributed by atoms with Crippen LogP contribution in [0.25, 0.3) is 0 Å². The van der Waals surface area contributed by atoms with E-state index in [1.807, 2.05) is 6.92 Å². The molecule has 0 aliphatic rings. The molecule has 1 unspecified atom stereocenters. The number of rotatable bonds is 4. The summed E-state index contributed by atoms with van der Waals surface area (Å²) in [6.07, 6.45) is 0. The number of aromatic nitrogens is 6. The monoisotopic (exact) mass is 248 g/mol. The van der Waals surface area contributed by atoms with Crippen LogP contribution in [-0.2, 0) is 0 Å². The van der Waals surface area contributed by atoms with Crippen molar-refractivity contribution in [3.05, 3.63) is 23.7 Å². The van der Waals surface area contributed by atoms with Gasteiger partial charge in [-0.25, -0.2) is 0 Å². The highest BCUT2D eigenvalue weighted by molar-refractivity contribution is 5.91. The van der Waals surface area contributed by atoms with Crippen LogP contribution in [0.2, 0.25) is 0 Å². The van der Waals surface area contributed by atoms with Gasteiger partial charge in [-0.2, -0.15) is 5.21 Å². The summed E-state index contributed by atoms with van der Waals surface area (Å²) in [7, 11) is 1.54. The summed E-state index contributed by atoms with van der Waals surface area (Å²) in [5.74, 6) is 0.771. The van der Waals surface area contributed by atoms with E-state index >= 15 is 0 Å². The van der Waals surface area contributed by atoms with E-state index in [9.17, 15) is 4.79 Å². The summed E-state index contributed by atoms with van der Waals surface area (Å²) in [5.41, 5.74) is 0.260. The molecule has 2 rings (SSSR count). The van der Waals surface area contributed by atoms with Crippen molar-refractivity contribution in [2.45, 2.75) is 13.0 Å². The van der Waals surface area contributed by atoms with E-state index in [0.717, 1.165) is 0 Å². The Morgan fingerprint density at radius 3 is 2.72 bits per heavy atom. The van der Waals surface area contributed by atoms with E-state index < -0.39 is 0 Å². The van der Waals surface area contributed by atoms with Crippen LogP contribution in [0, 0.1) is 0 Å². The van der Waals surface area contributed by atoms with E-state index in [4.69, 9.17) is 0 Å². The van der Waals surface area contributed by atoms with Crippen molar-refractivity contribution in [2.75, 3.05) is 12.4 Å². The van der Waals surface area contributed by atoms with E-state index in [2.05, 4.69) is 41.5 Å². The van der Waals surface area contributed by atoms with Crippen LogP contribution in [0.15, 0.2) is 12.1 Å². The Bertz CT molecular complexity index is 508. The van der Waals surface area contributed by atoms with Crippen molar-refractivity contribution < 1.29 is 4.79 Å². The van der Waals surface area contributed by atoms with Gasteiger partial charge in [0.1, 0.15) is 5.82 Å². The number of carbonyl (C=O) groups excluding carboxylic acids is 1. The molecule has 3 N–H and O–H groups in total. The molecule has 0 saturated carbocycles. The third-order valence-electron chi connectivity index (χ3n) is 2.24. The molecule has 0 spiro atoms. The maximum Gasteiger partial charge on any atom is 0.271 e. The molecule has 1 atom stereocenters. The van der Waals surface area contributed by atoms with Crippen LogP contribution in [0.3, 0.4) is 0 Å². The van der Waals surface area contributed by atoms with Crippen LogP contribution in [0.5, 0.6) is 0 Å². The Morgan fingerprint density at radius 2 is 2.17 bits per heavy atom. The number of anilines is 1. The number of nitrogens with zero attached hydrogens (tertiary/aromatic N) is 5. The van der Waals surface area contributed by atoms with Crippen LogP contribution in [-0.4, -0.2) is 43.8 Å². The number of nitrogens with one attached hydrogen (secondary N) is 3. The number of aromatic amines is 1. The second-order valence-electron chi connectivity index (χ2n) is 3.52. The first-order valence-electron chi connectivity index (χ1n) is 5.26.